The third-order valence-electron chi connectivity index (χ3n) is 5.83. The van der Waals surface area contributed by atoms with Crippen molar-refractivity contribution >= 4 is 39.1 Å². The lowest BCUT2D eigenvalue weighted by Crippen LogP contribution is -2.51. The number of carbonyl (C=O) groups excluding carboxylic acids is 2. The van der Waals surface area contributed by atoms with Crippen LogP contribution < -0.4 is 9.62 Å². The Morgan fingerprint density at radius 3 is 2.11 bits per heavy atom. The lowest BCUT2D eigenvalue weighted by atomic mass is 10.1. The van der Waals surface area contributed by atoms with Crippen LogP contribution in [0.4, 0.5) is 5.69 Å². The topological polar surface area (TPSA) is 86.8 Å². The van der Waals surface area contributed by atoms with E-state index in [1.807, 2.05) is 44.2 Å². The molecular formula is C27H30ClN3O4S. The predicted molar refractivity (Wildman–Crippen MR) is 142 cm³/mol. The van der Waals surface area contributed by atoms with Crippen LogP contribution in [0.15, 0.2) is 83.8 Å². The van der Waals surface area contributed by atoms with E-state index < -0.39 is 28.5 Å². The molecule has 0 saturated carbocycles. The van der Waals surface area contributed by atoms with Gasteiger partial charge in [-0.15, -0.1) is 0 Å². The highest BCUT2D eigenvalue weighted by atomic mass is 35.5. The molecule has 0 aliphatic carbocycles. The lowest BCUT2D eigenvalue weighted by molar-refractivity contribution is -0.140. The van der Waals surface area contributed by atoms with Crippen LogP contribution in [0, 0.1) is 6.92 Å². The molecule has 0 radical (unpaired) electrons. The fourth-order valence-electron chi connectivity index (χ4n) is 3.84. The van der Waals surface area contributed by atoms with E-state index in [0.29, 0.717) is 17.1 Å². The Bertz CT molecular complexity index is 1280. The number of carbonyl (C=O) groups is 2. The summed E-state index contributed by atoms with van der Waals surface area (Å²) in [7, 11) is -2.60. The highest BCUT2D eigenvalue weighted by Gasteiger charge is 2.33. The van der Waals surface area contributed by atoms with Gasteiger partial charge in [0.1, 0.15) is 12.6 Å². The largest absolute Gasteiger partial charge is 0.357 e. The minimum atomic E-state index is -4.12. The van der Waals surface area contributed by atoms with E-state index in [2.05, 4.69) is 5.32 Å². The maximum Gasteiger partial charge on any atom is 0.264 e. The summed E-state index contributed by atoms with van der Waals surface area (Å²) in [6, 6.07) is 21.2. The van der Waals surface area contributed by atoms with Crippen molar-refractivity contribution in [1.82, 2.24) is 10.2 Å². The summed E-state index contributed by atoms with van der Waals surface area (Å²) in [6.45, 7) is 3.39. The van der Waals surface area contributed by atoms with Gasteiger partial charge < -0.3 is 10.2 Å². The van der Waals surface area contributed by atoms with Crippen molar-refractivity contribution in [2.75, 3.05) is 17.9 Å². The molecule has 3 aromatic carbocycles. The summed E-state index contributed by atoms with van der Waals surface area (Å²) in [6.07, 6.45) is 0.368. The SMILES string of the molecule is CCC(C(=O)NC)N(Cc1ccccc1)C(=O)CN(c1ccc(C)cc1)S(=O)(=O)c1ccc(Cl)cc1. The fourth-order valence-corrected chi connectivity index (χ4v) is 5.38. The molecule has 0 bridgehead atoms. The molecule has 0 heterocycles. The second-order valence-corrected chi connectivity index (χ2v) is 10.6. The molecule has 0 aromatic heterocycles. The maximum atomic E-state index is 13.8. The molecule has 36 heavy (non-hydrogen) atoms. The second-order valence-electron chi connectivity index (χ2n) is 8.35. The van der Waals surface area contributed by atoms with Gasteiger partial charge in [0.2, 0.25) is 11.8 Å². The number of sulfonamides is 1. The van der Waals surface area contributed by atoms with E-state index in [9.17, 15) is 18.0 Å². The molecule has 3 aromatic rings. The Morgan fingerprint density at radius 2 is 1.56 bits per heavy atom. The van der Waals surface area contributed by atoms with E-state index in [0.717, 1.165) is 15.4 Å². The summed E-state index contributed by atoms with van der Waals surface area (Å²) in [5, 5.41) is 3.01. The Hall–Kier alpha value is -3.36. The molecule has 1 atom stereocenters. The second kappa shape index (κ2) is 12.1. The average molecular weight is 528 g/mol. The Balaban J connectivity index is 2.04. The van der Waals surface area contributed by atoms with Gasteiger partial charge in [-0.2, -0.15) is 0 Å². The number of nitrogens with one attached hydrogen (secondary N) is 1. The normalized spacial score (nSPS) is 12.0. The fraction of sp³-hybridized carbons (Fsp3) is 0.259. The predicted octanol–water partition coefficient (Wildman–Crippen LogP) is 4.40. The van der Waals surface area contributed by atoms with Gasteiger partial charge in [0, 0.05) is 18.6 Å². The molecule has 190 valence electrons. The van der Waals surface area contributed by atoms with Crippen LogP contribution in [0.1, 0.15) is 24.5 Å². The Morgan fingerprint density at radius 1 is 0.944 bits per heavy atom. The Kier molecular flexibility index (Phi) is 9.12. The number of nitrogens with zero attached hydrogens (tertiary/aromatic N) is 2. The number of halogens is 1. The number of rotatable bonds is 10. The molecule has 0 saturated heterocycles. The molecule has 9 heteroatoms. The number of amides is 2. The molecule has 0 aliphatic rings. The van der Waals surface area contributed by atoms with Crippen molar-refractivity contribution in [1.29, 1.82) is 0 Å². The van der Waals surface area contributed by atoms with Crippen molar-refractivity contribution in [3.05, 3.63) is 95.0 Å². The zero-order valence-corrected chi connectivity index (χ0v) is 22.1. The quantitative estimate of drug-likeness (QED) is 0.423. The minimum absolute atomic E-state index is 0.00762. The summed E-state index contributed by atoms with van der Waals surface area (Å²) in [5.74, 6) is -0.809. The third kappa shape index (κ3) is 6.44. The van der Waals surface area contributed by atoms with Crippen LogP contribution in [0.2, 0.25) is 5.02 Å². The van der Waals surface area contributed by atoms with Gasteiger partial charge >= 0.3 is 0 Å². The van der Waals surface area contributed by atoms with Crippen molar-refractivity contribution in [3.8, 4) is 0 Å². The summed E-state index contributed by atoms with van der Waals surface area (Å²) >= 11 is 5.97. The van der Waals surface area contributed by atoms with Crippen LogP contribution in [-0.2, 0) is 26.2 Å². The summed E-state index contributed by atoms with van der Waals surface area (Å²) in [5.41, 5.74) is 2.12. The van der Waals surface area contributed by atoms with E-state index in [1.54, 1.807) is 24.3 Å². The Labute approximate surface area is 217 Å². The van der Waals surface area contributed by atoms with E-state index >= 15 is 0 Å². The first-order valence-corrected chi connectivity index (χ1v) is 13.4. The van der Waals surface area contributed by atoms with Gasteiger partial charge in [0.05, 0.1) is 10.6 Å². The molecule has 7 nitrogen and oxygen atoms in total. The highest BCUT2D eigenvalue weighted by Crippen LogP contribution is 2.26. The minimum Gasteiger partial charge on any atom is -0.357 e. The van der Waals surface area contributed by atoms with Gasteiger partial charge in [0.15, 0.2) is 0 Å². The molecular weight excluding hydrogens is 498 g/mol. The third-order valence-corrected chi connectivity index (χ3v) is 7.87. The van der Waals surface area contributed by atoms with Crippen LogP contribution in [0.25, 0.3) is 0 Å². The number of benzene rings is 3. The molecule has 3 rings (SSSR count). The molecule has 0 spiro atoms. The molecule has 1 unspecified atom stereocenters. The van der Waals surface area contributed by atoms with E-state index in [4.69, 9.17) is 11.6 Å². The van der Waals surface area contributed by atoms with Crippen molar-refractivity contribution in [2.45, 2.75) is 37.8 Å². The number of likely N-dealkylation sites (N-methyl/N-ethyl adjacent to an activating group) is 1. The lowest BCUT2D eigenvalue weighted by Gasteiger charge is -2.33. The smallest absolute Gasteiger partial charge is 0.264 e. The zero-order chi connectivity index (χ0) is 26.3. The van der Waals surface area contributed by atoms with Crippen molar-refractivity contribution in [2.24, 2.45) is 0 Å². The van der Waals surface area contributed by atoms with Crippen LogP contribution in [-0.4, -0.2) is 44.8 Å². The first-order chi connectivity index (χ1) is 17.2. The first kappa shape index (κ1) is 27.2. The molecule has 0 fully saturated rings. The average Bonchev–Trinajstić information content (AvgIpc) is 2.88. The van der Waals surface area contributed by atoms with Gasteiger partial charge in [-0.25, -0.2) is 8.42 Å². The highest BCUT2D eigenvalue weighted by molar-refractivity contribution is 7.92. The van der Waals surface area contributed by atoms with Crippen molar-refractivity contribution in [3.63, 3.8) is 0 Å². The van der Waals surface area contributed by atoms with E-state index in [1.165, 1.54) is 36.2 Å². The summed E-state index contributed by atoms with van der Waals surface area (Å²) in [4.78, 5) is 27.9. The maximum absolute atomic E-state index is 13.8. The molecule has 2 amide bonds. The summed E-state index contributed by atoms with van der Waals surface area (Å²) < 4.78 is 28.5. The van der Waals surface area contributed by atoms with Crippen LogP contribution in [0.3, 0.4) is 0 Å². The zero-order valence-electron chi connectivity index (χ0n) is 20.5. The van der Waals surface area contributed by atoms with Gasteiger partial charge in [-0.1, -0.05) is 66.6 Å². The van der Waals surface area contributed by atoms with Gasteiger partial charge in [0.25, 0.3) is 10.0 Å². The van der Waals surface area contributed by atoms with Crippen molar-refractivity contribution < 1.29 is 18.0 Å². The van der Waals surface area contributed by atoms with Crippen LogP contribution >= 0.6 is 11.6 Å². The van der Waals surface area contributed by atoms with Gasteiger partial charge in [-0.3, -0.25) is 13.9 Å². The number of hydrogen-bond donors (Lipinski definition) is 1. The molecule has 0 aliphatic heterocycles. The standard InChI is InChI=1S/C27H30ClN3O4S/c1-4-25(27(33)29-3)30(18-21-8-6-5-7-9-21)26(32)19-31(23-14-10-20(2)11-15-23)36(34,35)24-16-12-22(28)13-17-24/h5-17,25H,4,18-19H2,1-3H3,(H,29,33). The molecule has 1 N–H and O–H groups in total. The van der Waals surface area contributed by atoms with Crippen LogP contribution in [0.5, 0.6) is 0 Å². The number of aryl methyl sites for hydroxylation is 1. The first-order valence-electron chi connectivity index (χ1n) is 11.6. The van der Waals surface area contributed by atoms with E-state index in [-0.39, 0.29) is 17.3 Å². The monoisotopic (exact) mass is 527 g/mol. The van der Waals surface area contributed by atoms with Gasteiger partial charge in [-0.05, 0) is 55.3 Å². The number of hydrogen-bond acceptors (Lipinski definition) is 4. The number of anilines is 1.